The first-order valence-corrected chi connectivity index (χ1v) is 13.5. The lowest BCUT2D eigenvalue weighted by atomic mass is 10.1. The number of carbonyl (C=O) groups excluding carboxylic acids is 3. The number of nitrogens with zero attached hydrogens (tertiary/aromatic N) is 1. The zero-order valence-corrected chi connectivity index (χ0v) is 23.2. The highest BCUT2D eigenvalue weighted by molar-refractivity contribution is 9.10. The Morgan fingerprint density at radius 3 is 2.62 bits per heavy atom. The second kappa shape index (κ2) is 11.8. The van der Waals surface area contributed by atoms with Gasteiger partial charge in [-0.1, -0.05) is 30.3 Å². The van der Waals surface area contributed by atoms with Crippen molar-refractivity contribution in [1.29, 1.82) is 0 Å². The fourth-order valence-electron chi connectivity index (χ4n) is 3.95. The van der Waals surface area contributed by atoms with Crippen molar-refractivity contribution in [2.24, 2.45) is 0 Å². The number of amides is 3. The summed E-state index contributed by atoms with van der Waals surface area (Å²) in [6.45, 7) is 0.804. The molecule has 0 radical (unpaired) electrons. The number of hydrogen-bond acceptors (Lipinski definition) is 8. The Morgan fingerprint density at radius 2 is 1.85 bits per heavy atom. The van der Waals surface area contributed by atoms with Gasteiger partial charge >= 0.3 is 0 Å². The Balaban J connectivity index is 1.26. The van der Waals surface area contributed by atoms with Crippen LogP contribution in [-0.4, -0.2) is 48.8 Å². The van der Waals surface area contributed by atoms with Crippen LogP contribution in [0.1, 0.15) is 11.1 Å². The normalized spacial score (nSPS) is 15.4. The fraction of sp³-hybridized carbons (Fsp3) is 0.179. The van der Waals surface area contributed by atoms with Crippen molar-refractivity contribution in [2.45, 2.75) is 6.61 Å². The monoisotopic (exact) mass is 610 g/mol. The van der Waals surface area contributed by atoms with Gasteiger partial charge in [0.05, 0.1) is 16.5 Å². The smallest absolute Gasteiger partial charge is 0.294 e. The number of rotatable bonds is 8. The van der Waals surface area contributed by atoms with Gasteiger partial charge in [0.1, 0.15) is 26.4 Å². The summed E-state index contributed by atoms with van der Waals surface area (Å²) in [4.78, 5) is 39.3. The molecule has 2 aliphatic heterocycles. The number of thioether (sulfide) groups is 1. The predicted octanol–water partition coefficient (Wildman–Crippen LogP) is 5.48. The molecule has 2 heterocycles. The predicted molar refractivity (Wildman–Crippen MR) is 150 cm³/mol. The maximum atomic E-state index is 13.0. The SMILES string of the molecule is COc1cc(/C=C2/SC(=O)N(CC(=O)Nc3ccc4c(c3)OCCO4)C2=O)cc(Br)c1OCc1ccccc1. The van der Waals surface area contributed by atoms with Crippen molar-refractivity contribution in [1.82, 2.24) is 4.90 Å². The average Bonchev–Trinajstić information content (AvgIpc) is 3.19. The molecule has 0 spiro atoms. The average molecular weight is 611 g/mol. The molecule has 0 bridgehead atoms. The van der Waals surface area contributed by atoms with Gasteiger partial charge in [0, 0.05) is 11.8 Å². The summed E-state index contributed by atoms with van der Waals surface area (Å²) in [5.41, 5.74) is 2.09. The number of nitrogens with one attached hydrogen (secondary N) is 1. The molecule has 0 atom stereocenters. The molecule has 0 unspecified atom stereocenters. The third-order valence-corrected chi connectivity index (χ3v) is 7.27. The maximum Gasteiger partial charge on any atom is 0.294 e. The largest absolute Gasteiger partial charge is 0.493 e. The molecule has 2 aliphatic rings. The Labute approximate surface area is 237 Å². The summed E-state index contributed by atoms with van der Waals surface area (Å²) in [7, 11) is 1.52. The van der Waals surface area contributed by atoms with E-state index in [0.29, 0.717) is 58.5 Å². The summed E-state index contributed by atoms with van der Waals surface area (Å²) < 4.78 is 23.1. The van der Waals surface area contributed by atoms with Crippen molar-refractivity contribution in [3.05, 3.63) is 81.2 Å². The summed E-state index contributed by atoms with van der Waals surface area (Å²) in [6, 6.07) is 18.2. The lowest BCUT2D eigenvalue weighted by Gasteiger charge is -2.19. The van der Waals surface area contributed by atoms with E-state index in [2.05, 4.69) is 21.2 Å². The molecule has 1 saturated heterocycles. The van der Waals surface area contributed by atoms with E-state index in [9.17, 15) is 14.4 Å². The van der Waals surface area contributed by atoms with Crippen LogP contribution in [0.3, 0.4) is 0 Å². The van der Waals surface area contributed by atoms with Gasteiger partial charge in [-0.2, -0.15) is 0 Å². The molecule has 39 heavy (non-hydrogen) atoms. The van der Waals surface area contributed by atoms with E-state index in [-0.39, 0.29) is 4.91 Å². The molecule has 1 N–H and O–H groups in total. The van der Waals surface area contributed by atoms with Crippen molar-refractivity contribution < 1.29 is 33.3 Å². The highest BCUT2D eigenvalue weighted by Crippen LogP contribution is 2.39. The van der Waals surface area contributed by atoms with Gasteiger partial charge in [-0.05, 0) is 69.2 Å². The molecule has 9 nitrogen and oxygen atoms in total. The highest BCUT2D eigenvalue weighted by atomic mass is 79.9. The summed E-state index contributed by atoms with van der Waals surface area (Å²) in [6.07, 6.45) is 1.58. The van der Waals surface area contributed by atoms with E-state index in [1.807, 2.05) is 30.3 Å². The molecule has 0 saturated carbocycles. The van der Waals surface area contributed by atoms with Gasteiger partial charge in [-0.3, -0.25) is 19.3 Å². The molecule has 3 aromatic carbocycles. The summed E-state index contributed by atoms with van der Waals surface area (Å²) in [5.74, 6) is 1.02. The molecule has 0 aromatic heterocycles. The van der Waals surface area contributed by atoms with Crippen molar-refractivity contribution in [3.63, 3.8) is 0 Å². The Bertz CT molecular complexity index is 1460. The Hall–Kier alpha value is -3.96. The van der Waals surface area contributed by atoms with E-state index in [0.717, 1.165) is 22.2 Å². The number of carbonyl (C=O) groups is 3. The van der Waals surface area contributed by atoms with Crippen LogP contribution in [0.4, 0.5) is 10.5 Å². The second-order valence-electron chi connectivity index (χ2n) is 8.48. The van der Waals surface area contributed by atoms with Crippen LogP contribution in [-0.2, 0) is 16.2 Å². The minimum absolute atomic E-state index is 0.194. The molecule has 3 aromatic rings. The first-order valence-electron chi connectivity index (χ1n) is 11.9. The second-order valence-corrected chi connectivity index (χ2v) is 10.3. The number of benzene rings is 3. The van der Waals surface area contributed by atoms with Crippen LogP contribution in [0.5, 0.6) is 23.0 Å². The minimum atomic E-state index is -0.554. The Morgan fingerprint density at radius 1 is 1.08 bits per heavy atom. The van der Waals surface area contributed by atoms with E-state index in [4.69, 9.17) is 18.9 Å². The molecular formula is C28H23BrN2O7S. The molecule has 5 rings (SSSR count). The molecule has 11 heteroatoms. The number of methoxy groups -OCH3 is 1. The lowest BCUT2D eigenvalue weighted by molar-refractivity contribution is -0.127. The zero-order valence-electron chi connectivity index (χ0n) is 20.8. The minimum Gasteiger partial charge on any atom is -0.493 e. The number of hydrogen-bond donors (Lipinski definition) is 1. The van der Waals surface area contributed by atoms with Crippen molar-refractivity contribution in [2.75, 3.05) is 32.2 Å². The maximum absolute atomic E-state index is 13.0. The van der Waals surface area contributed by atoms with Crippen molar-refractivity contribution >= 4 is 56.5 Å². The van der Waals surface area contributed by atoms with Crippen LogP contribution in [0.15, 0.2) is 70.0 Å². The third-order valence-electron chi connectivity index (χ3n) is 5.78. The van der Waals surface area contributed by atoms with Gasteiger partial charge in [-0.25, -0.2) is 0 Å². The summed E-state index contributed by atoms with van der Waals surface area (Å²) in [5, 5.41) is 2.16. The van der Waals surface area contributed by atoms with E-state index >= 15 is 0 Å². The van der Waals surface area contributed by atoms with Crippen LogP contribution < -0.4 is 24.3 Å². The molecule has 200 valence electrons. The van der Waals surface area contributed by atoms with Gasteiger partial charge in [0.15, 0.2) is 23.0 Å². The topological polar surface area (TPSA) is 103 Å². The van der Waals surface area contributed by atoms with Gasteiger partial charge in [0.2, 0.25) is 5.91 Å². The van der Waals surface area contributed by atoms with Crippen molar-refractivity contribution in [3.8, 4) is 23.0 Å². The van der Waals surface area contributed by atoms with Crippen LogP contribution in [0, 0.1) is 0 Å². The van der Waals surface area contributed by atoms with E-state index in [1.165, 1.54) is 7.11 Å². The number of fused-ring (bicyclic) bond motifs is 1. The van der Waals surface area contributed by atoms with Crippen LogP contribution in [0.25, 0.3) is 6.08 Å². The lowest BCUT2D eigenvalue weighted by Crippen LogP contribution is -2.36. The van der Waals surface area contributed by atoms with Gasteiger partial charge in [0.25, 0.3) is 11.1 Å². The van der Waals surface area contributed by atoms with E-state index in [1.54, 1.807) is 36.4 Å². The van der Waals surface area contributed by atoms with Gasteiger partial charge in [-0.15, -0.1) is 0 Å². The zero-order chi connectivity index (χ0) is 27.4. The highest BCUT2D eigenvalue weighted by Gasteiger charge is 2.36. The fourth-order valence-corrected chi connectivity index (χ4v) is 5.36. The third kappa shape index (κ3) is 6.21. The standard InChI is InChI=1S/C28H23BrN2O7S/c1-35-23-12-18(11-20(29)26(23)38-16-17-5-3-2-4-6-17)13-24-27(33)31(28(34)39-24)15-25(32)30-19-7-8-21-22(14-19)37-10-9-36-21/h2-8,11-14H,9-10,15-16H2,1H3,(H,30,32)/b24-13+. The van der Waals surface area contributed by atoms with Crippen LogP contribution >= 0.6 is 27.7 Å². The molecule has 3 amide bonds. The molecular weight excluding hydrogens is 588 g/mol. The first-order chi connectivity index (χ1) is 18.9. The van der Waals surface area contributed by atoms with Crippen LogP contribution in [0.2, 0.25) is 0 Å². The summed E-state index contributed by atoms with van der Waals surface area (Å²) >= 11 is 4.28. The molecule has 1 fully saturated rings. The number of anilines is 1. The first kappa shape index (κ1) is 26.6. The quantitative estimate of drug-likeness (QED) is 0.334. The van der Waals surface area contributed by atoms with E-state index < -0.39 is 23.6 Å². The molecule has 0 aliphatic carbocycles. The van der Waals surface area contributed by atoms with Gasteiger partial charge < -0.3 is 24.3 Å². The number of imide groups is 1. The number of halogens is 1. The number of ether oxygens (including phenoxy) is 4. The Kier molecular flexibility index (Phi) is 8.08.